The Balaban J connectivity index is 2.07. The van der Waals surface area contributed by atoms with Crippen LogP contribution in [-0.4, -0.2) is 30.0 Å². The maximum Gasteiger partial charge on any atom is 0.324 e. The zero-order valence-corrected chi connectivity index (χ0v) is 12.6. The Labute approximate surface area is 133 Å². The number of nitrogens with two attached hydrogens (primary N) is 2. The van der Waals surface area contributed by atoms with Crippen molar-refractivity contribution in [1.82, 2.24) is 4.98 Å². The molecule has 0 fully saturated rings. The van der Waals surface area contributed by atoms with Crippen molar-refractivity contribution >= 4 is 17.6 Å². The molecule has 1 aromatic heterocycles. The molecule has 3 rings (SSSR count). The van der Waals surface area contributed by atoms with E-state index in [4.69, 9.17) is 21.6 Å². The minimum atomic E-state index is -0.706. The Morgan fingerprint density at radius 1 is 1.35 bits per heavy atom. The van der Waals surface area contributed by atoms with Crippen molar-refractivity contribution in [2.75, 3.05) is 12.0 Å². The third-order valence-electron chi connectivity index (χ3n) is 3.85. The maximum atomic E-state index is 11.6. The van der Waals surface area contributed by atoms with E-state index in [1.807, 2.05) is 18.2 Å². The molecular weight excluding hydrogens is 294 g/mol. The number of anilines is 1. The summed E-state index contributed by atoms with van der Waals surface area (Å²) < 4.78 is 5.19. The summed E-state index contributed by atoms with van der Waals surface area (Å²) in [5.41, 5.74) is 14.6. The van der Waals surface area contributed by atoms with E-state index in [0.717, 1.165) is 21.6 Å². The first-order valence-corrected chi connectivity index (χ1v) is 7.07. The monoisotopic (exact) mass is 311 g/mol. The van der Waals surface area contributed by atoms with Crippen LogP contribution in [0.1, 0.15) is 5.56 Å². The largest absolute Gasteiger partial charge is 0.495 e. The standard InChI is InChI=1S/C16H17N5O2/c1-23-12-5-11(7-20-8-12)9-2-3-14-10(4-9)6-13(17)15(18)21(14)16(19)22/h2-5,7-8,13,18H,6,17H2,1H3,(H2,19,22). The molecule has 2 aromatic rings. The number of hydrogen-bond acceptors (Lipinski definition) is 5. The van der Waals surface area contributed by atoms with Gasteiger partial charge in [-0.1, -0.05) is 6.07 Å². The Morgan fingerprint density at radius 2 is 2.13 bits per heavy atom. The summed E-state index contributed by atoms with van der Waals surface area (Å²) in [5.74, 6) is 0.679. The van der Waals surface area contributed by atoms with Crippen LogP contribution >= 0.6 is 0 Å². The van der Waals surface area contributed by atoms with Gasteiger partial charge in [0.2, 0.25) is 0 Å². The molecule has 0 saturated heterocycles. The number of primary amides is 1. The van der Waals surface area contributed by atoms with Crippen LogP contribution < -0.4 is 21.1 Å². The van der Waals surface area contributed by atoms with E-state index in [9.17, 15) is 4.79 Å². The van der Waals surface area contributed by atoms with Gasteiger partial charge in [-0.05, 0) is 35.7 Å². The Morgan fingerprint density at radius 3 is 2.83 bits per heavy atom. The number of pyridine rings is 1. The second-order valence-corrected chi connectivity index (χ2v) is 5.33. The van der Waals surface area contributed by atoms with Gasteiger partial charge in [0, 0.05) is 11.8 Å². The van der Waals surface area contributed by atoms with E-state index in [1.165, 1.54) is 0 Å². The number of carbonyl (C=O) groups is 1. The maximum absolute atomic E-state index is 11.6. The quantitative estimate of drug-likeness (QED) is 0.778. The van der Waals surface area contributed by atoms with E-state index < -0.39 is 12.1 Å². The number of hydrogen-bond donors (Lipinski definition) is 3. The number of aromatic nitrogens is 1. The molecule has 1 aliphatic rings. The minimum Gasteiger partial charge on any atom is -0.495 e. The molecule has 0 aliphatic carbocycles. The number of amides is 2. The highest BCUT2D eigenvalue weighted by Gasteiger charge is 2.30. The fourth-order valence-corrected chi connectivity index (χ4v) is 2.70. The van der Waals surface area contributed by atoms with Crippen molar-refractivity contribution in [2.45, 2.75) is 12.5 Å². The SMILES string of the molecule is COc1cncc(-c2ccc3c(c2)CC(N)C(=N)N3C(N)=O)c1. The van der Waals surface area contributed by atoms with Gasteiger partial charge < -0.3 is 16.2 Å². The summed E-state index contributed by atoms with van der Waals surface area (Å²) in [6.07, 6.45) is 3.85. The summed E-state index contributed by atoms with van der Waals surface area (Å²) in [5, 5.41) is 7.96. The fraction of sp³-hybridized carbons (Fsp3) is 0.188. The number of rotatable bonds is 2. The van der Waals surface area contributed by atoms with Gasteiger partial charge in [0.05, 0.1) is 25.0 Å². The molecule has 1 aliphatic heterocycles. The van der Waals surface area contributed by atoms with Crippen molar-refractivity contribution in [2.24, 2.45) is 11.5 Å². The summed E-state index contributed by atoms with van der Waals surface area (Å²) in [4.78, 5) is 16.9. The molecule has 0 bridgehead atoms. The van der Waals surface area contributed by atoms with E-state index in [0.29, 0.717) is 17.9 Å². The first kappa shape index (κ1) is 15.0. The van der Waals surface area contributed by atoms with Crippen LogP contribution in [0.15, 0.2) is 36.7 Å². The molecule has 0 radical (unpaired) electrons. The summed E-state index contributed by atoms with van der Waals surface area (Å²) in [6, 6.07) is 6.18. The minimum absolute atomic E-state index is 0.0146. The van der Waals surface area contributed by atoms with Crippen LogP contribution in [0.3, 0.4) is 0 Å². The second-order valence-electron chi connectivity index (χ2n) is 5.33. The molecule has 118 valence electrons. The number of methoxy groups -OCH3 is 1. The highest BCUT2D eigenvalue weighted by molar-refractivity contribution is 6.18. The van der Waals surface area contributed by atoms with Crippen LogP contribution in [0.4, 0.5) is 10.5 Å². The number of amidine groups is 1. The zero-order chi connectivity index (χ0) is 16.6. The fourth-order valence-electron chi connectivity index (χ4n) is 2.70. The molecular formula is C16H17N5O2. The van der Waals surface area contributed by atoms with Crippen LogP contribution in [0, 0.1) is 5.41 Å². The van der Waals surface area contributed by atoms with Crippen molar-refractivity contribution in [3.63, 3.8) is 0 Å². The predicted molar refractivity (Wildman–Crippen MR) is 87.7 cm³/mol. The van der Waals surface area contributed by atoms with Crippen LogP contribution in [0.25, 0.3) is 11.1 Å². The molecule has 7 nitrogen and oxygen atoms in total. The van der Waals surface area contributed by atoms with Gasteiger partial charge in [-0.25, -0.2) is 9.69 Å². The molecule has 2 heterocycles. The number of nitrogens with one attached hydrogen (secondary N) is 1. The van der Waals surface area contributed by atoms with Gasteiger partial charge >= 0.3 is 6.03 Å². The smallest absolute Gasteiger partial charge is 0.324 e. The molecule has 2 amide bonds. The van der Waals surface area contributed by atoms with Gasteiger partial charge in [0.1, 0.15) is 11.6 Å². The lowest BCUT2D eigenvalue weighted by molar-refractivity contribution is 0.256. The van der Waals surface area contributed by atoms with Crippen LogP contribution in [0.5, 0.6) is 5.75 Å². The Kier molecular flexibility index (Phi) is 3.71. The first-order valence-electron chi connectivity index (χ1n) is 7.07. The normalized spacial score (nSPS) is 16.9. The topological polar surface area (TPSA) is 118 Å². The third kappa shape index (κ3) is 2.62. The Bertz CT molecular complexity index is 790. The summed E-state index contributed by atoms with van der Waals surface area (Å²) in [7, 11) is 1.59. The molecule has 0 saturated carbocycles. The molecule has 1 aromatic carbocycles. The van der Waals surface area contributed by atoms with Gasteiger partial charge in [-0.3, -0.25) is 10.4 Å². The van der Waals surface area contributed by atoms with Gasteiger partial charge in [0.25, 0.3) is 0 Å². The summed E-state index contributed by atoms with van der Waals surface area (Å²) >= 11 is 0. The van der Waals surface area contributed by atoms with Crippen molar-refractivity contribution in [1.29, 1.82) is 5.41 Å². The number of fused-ring (bicyclic) bond motifs is 1. The second kappa shape index (κ2) is 5.69. The van der Waals surface area contributed by atoms with E-state index in [2.05, 4.69) is 4.98 Å². The van der Waals surface area contributed by atoms with Gasteiger partial charge in [-0.2, -0.15) is 0 Å². The molecule has 23 heavy (non-hydrogen) atoms. The molecule has 1 unspecified atom stereocenters. The number of nitrogens with zero attached hydrogens (tertiary/aromatic N) is 2. The van der Waals surface area contributed by atoms with Crippen LogP contribution in [-0.2, 0) is 6.42 Å². The van der Waals surface area contributed by atoms with Gasteiger partial charge in [0.15, 0.2) is 0 Å². The van der Waals surface area contributed by atoms with E-state index in [-0.39, 0.29) is 5.84 Å². The van der Waals surface area contributed by atoms with Crippen molar-refractivity contribution in [3.8, 4) is 16.9 Å². The lowest BCUT2D eigenvalue weighted by Crippen LogP contribution is -2.52. The van der Waals surface area contributed by atoms with Crippen LogP contribution in [0.2, 0.25) is 0 Å². The van der Waals surface area contributed by atoms with E-state index >= 15 is 0 Å². The Hall–Kier alpha value is -2.93. The zero-order valence-electron chi connectivity index (χ0n) is 12.6. The molecule has 0 spiro atoms. The molecule has 5 N–H and O–H groups in total. The lowest BCUT2D eigenvalue weighted by Gasteiger charge is -2.32. The van der Waals surface area contributed by atoms with Gasteiger partial charge in [-0.15, -0.1) is 0 Å². The lowest BCUT2D eigenvalue weighted by atomic mass is 9.94. The summed E-state index contributed by atoms with van der Waals surface area (Å²) in [6.45, 7) is 0. The highest BCUT2D eigenvalue weighted by atomic mass is 16.5. The third-order valence-corrected chi connectivity index (χ3v) is 3.85. The average molecular weight is 311 g/mol. The predicted octanol–water partition coefficient (Wildman–Crippen LogP) is 1.50. The average Bonchev–Trinajstić information content (AvgIpc) is 2.55. The molecule has 7 heteroatoms. The number of ether oxygens (including phenoxy) is 1. The number of urea groups is 1. The number of benzene rings is 1. The van der Waals surface area contributed by atoms with Crippen molar-refractivity contribution in [3.05, 3.63) is 42.2 Å². The van der Waals surface area contributed by atoms with E-state index in [1.54, 1.807) is 25.6 Å². The first-order chi connectivity index (χ1) is 11.0. The van der Waals surface area contributed by atoms with Crippen molar-refractivity contribution < 1.29 is 9.53 Å². The highest BCUT2D eigenvalue weighted by Crippen LogP contribution is 2.32. The number of carbonyl (C=O) groups excluding carboxylic acids is 1. The molecule has 1 atom stereocenters.